The van der Waals surface area contributed by atoms with Crippen molar-refractivity contribution in [2.24, 2.45) is 0 Å². The third-order valence-corrected chi connectivity index (χ3v) is 2.02. The molecule has 0 amide bonds. The summed E-state index contributed by atoms with van der Waals surface area (Å²) in [7, 11) is 1.34. The monoisotopic (exact) mass is 226 g/mol. The molecule has 0 aliphatic heterocycles. The lowest BCUT2D eigenvalue weighted by Crippen LogP contribution is -2.34. The lowest BCUT2D eigenvalue weighted by Gasteiger charge is -2.17. The van der Waals surface area contributed by atoms with Crippen LogP contribution in [-0.4, -0.2) is 35.3 Å². The molecule has 0 saturated heterocycles. The molecule has 5 nitrogen and oxygen atoms in total. The Morgan fingerprint density at radius 2 is 2.25 bits per heavy atom. The van der Waals surface area contributed by atoms with Gasteiger partial charge in [-0.15, -0.1) is 0 Å². The Bertz CT molecular complexity index is 352. The van der Waals surface area contributed by atoms with Crippen molar-refractivity contribution < 1.29 is 14.6 Å². The van der Waals surface area contributed by atoms with Crippen LogP contribution in [-0.2, 0) is 11.3 Å². The molecule has 3 N–H and O–H groups in total. The second-order valence-electron chi connectivity index (χ2n) is 4.30. The summed E-state index contributed by atoms with van der Waals surface area (Å²) in [5, 5.41) is 12.6. The maximum absolute atomic E-state index is 11.1. The highest BCUT2D eigenvalue weighted by molar-refractivity contribution is 5.87. The van der Waals surface area contributed by atoms with Gasteiger partial charge in [0.05, 0.1) is 12.7 Å². The maximum Gasteiger partial charge on any atom is 0.354 e. The largest absolute Gasteiger partial charge is 0.464 e. The molecule has 0 fully saturated rings. The van der Waals surface area contributed by atoms with Crippen LogP contribution in [0.3, 0.4) is 0 Å². The number of aliphatic hydroxyl groups is 1. The molecule has 1 aromatic rings. The number of methoxy groups -OCH3 is 1. The number of esters is 1. The van der Waals surface area contributed by atoms with Gasteiger partial charge in [0.15, 0.2) is 0 Å². The van der Waals surface area contributed by atoms with Gasteiger partial charge < -0.3 is 20.1 Å². The fourth-order valence-corrected chi connectivity index (χ4v) is 1.28. The number of hydrogen-bond donors (Lipinski definition) is 3. The third-order valence-electron chi connectivity index (χ3n) is 2.02. The number of aromatic amines is 1. The van der Waals surface area contributed by atoms with E-state index >= 15 is 0 Å². The smallest absolute Gasteiger partial charge is 0.354 e. The SMILES string of the molecule is COC(=O)c1ccc(CNCC(C)(C)O)[nH]1. The molecule has 0 bridgehead atoms. The molecule has 1 rings (SSSR count). The molecule has 0 spiro atoms. The number of hydrogen-bond acceptors (Lipinski definition) is 4. The zero-order valence-electron chi connectivity index (χ0n) is 9.83. The quantitative estimate of drug-likeness (QED) is 0.645. The topological polar surface area (TPSA) is 74.3 Å². The number of carbonyl (C=O) groups excluding carboxylic acids is 1. The average Bonchev–Trinajstić information content (AvgIpc) is 2.63. The van der Waals surface area contributed by atoms with Crippen LogP contribution in [0.15, 0.2) is 12.1 Å². The van der Waals surface area contributed by atoms with Crippen molar-refractivity contribution in [2.45, 2.75) is 26.0 Å². The number of rotatable bonds is 5. The summed E-state index contributed by atoms with van der Waals surface area (Å²) in [5.74, 6) is -0.381. The zero-order valence-corrected chi connectivity index (χ0v) is 9.83. The number of nitrogens with one attached hydrogen (secondary N) is 2. The highest BCUT2D eigenvalue weighted by Gasteiger charge is 2.12. The molecular weight excluding hydrogens is 208 g/mol. The van der Waals surface area contributed by atoms with Gasteiger partial charge in [-0.1, -0.05) is 0 Å². The van der Waals surface area contributed by atoms with Gasteiger partial charge in [0.1, 0.15) is 5.69 Å². The minimum atomic E-state index is -0.738. The minimum absolute atomic E-state index is 0.381. The van der Waals surface area contributed by atoms with Crippen molar-refractivity contribution in [1.82, 2.24) is 10.3 Å². The highest BCUT2D eigenvalue weighted by Crippen LogP contribution is 2.04. The molecular formula is C11H18N2O3. The van der Waals surface area contributed by atoms with Crippen LogP contribution in [0, 0.1) is 0 Å². The zero-order chi connectivity index (χ0) is 12.2. The van der Waals surface area contributed by atoms with Gasteiger partial charge in [-0.3, -0.25) is 0 Å². The van der Waals surface area contributed by atoms with Crippen molar-refractivity contribution in [3.8, 4) is 0 Å². The Hall–Kier alpha value is -1.33. The first-order valence-electron chi connectivity index (χ1n) is 5.12. The molecule has 0 radical (unpaired) electrons. The van der Waals surface area contributed by atoms with Crippen molar-refractivity contribution in [3.63, 3.8) is 0 Å². The Balaban J connectivity index is 2.44. The van der Waals surface area contributed by atoms with Gasteiger partial charge in [-0.2, -0.15) is 0 Å². The van der Waals surface area contributed by atoms with E-state index in [1.807, 2.05) is 6.07 Å². The number of aromatic nitrogens is 1. The van der Waals surface area contributed by atoms with E-state index in [9.17, 15) is 9.90 Å². The first-order chi connectivity index (χ1) is 7.42. The van der Waals surface area contributed by atoms with E-state index in [-0.39, 0.29) is 5.97 Å². The van der Waals surface area contributed by atoms with E-state index in [1.54, 1.807) is 19.9 Å². The van der Waals surface area contributed by atoms with Crippen molar-refractivity contribution >= 4 is 5.97 Å². The second kappa shape index (κ2) is 5.14. The summed E-state index contributed by atoms with van der Waals surface area (Å²) in [6.45, 7) is 4.52. The standard InChI is InChI=1S/C11H18N2O3/c1-11(2,15)7-12-6-8-4-5-9(13-8)10(14)16-3/h4-5,12-13,15H,6-7H2,1-3H3. The number of H-pyrrole nitrogens is 1. The summed E-state index contributed by atoms with van der Waals surface area (Å²) in [6, 6.07) is 3.48. The van der Waals surface area contributed by atoms with E-state index in [0.29, 0.717) is 18.8 Å². The summed E-state index contributed by atoms with van der Waals surface area (Å²) in [4.78, 5) is 14.1. The van der Waals surface area contributed by atoms with E-state index < -0.39 is 5.60 Å². The summed E-state index contributed by atoms with van der Waals surface area (Å²) < 4.78 is 4.58. The Kier molecular flexibility index (Phi) is 4.09. The fraction of sp³-hybridized carbons (Fsp3) is 0.545. The lowest BCUT2D eigenvalue weighted by molar-refractivity contribution is 0.0594. The lowest BCUT2D eigenvalue weighted by atomic mass is 10.1. The molecule has 16 heavy (non-hydrogen) atoms. The molecule has 0 unspecified atom stereocenters. The van der Waals surface area contributed by atoms with Crippen LogP contribution in [0.5, 0.6) is 0 Å². The molecule has 0 saturated carbocycles. The Morgan fingerprint density at radius 1 is 1.56 bits per heavy atom. The second-order valence-corrected chi connectivity index (χ2v) is 4.30. The Labute approximate surface area is 94.8 Å². The first-order valence-corrected chi connectivity index (χ1v) is 5.12. The van der Waals surface area contributed by atoms with Crippen LogP contribution in [0.25, 0.3) is 0 Å². The number of ether oxygens (including phenoxy) is 1. The first kappa shape index (κ1) is 12.7. The van der Waals surface area contributed by atoms with Gasteiger partial charge in [-0.25, -0.2) is 4.79 Å². The summed E-state index contributed by atoms with van der Waals surface area (Å²) in [6.07, 6.45) is 0. The van der Waals surface area contributed by atoms with Crippen LogP contribution < -0.4 is 5.32 Å². The molecule has 0 aliphatic rings. The molecule has 5 heteroatoms. The molecule has 1 aromatic heterocycles. The van der Waals surface area contributed by atoms with E-state index in [2.05, 4.69) is 15.0 Å². The molecule has 0 aliphatic carbocycles. The van der Waals surface area contributed by atoms with Crippen LogP contribution >= 0.6 is 0 Å². The van der Waals surface area contributed by atoms with Crippen molar-refractivity contribution in [1.29, 1.82) is 0 Å². The number of carbonyl (C=O) groups is 1. The van der Waals surface area contributed by atoms with Gasteiger partial charge >= 0.3 is 5.97 Å². The molecule has 90 valence electrons. The van der Waals surface area contributed by atoms with Crippen molar-refractivity contribution in [2.75, 3.05) is 13.7 Å². The highest BCUT2D eigenvalue weighted by atomic mass is 16.5. The van der Waals surface area contributed by atoms with Crippen molar-refractivity contribution in [3.05, 3.63) is 23.5 Å². The van der Waals surface area contributed by atoms with Crippen LogP contribution in [0.1, 0.15) is 30.0 Å². The van der Waals surface area contributed by atoms with Gasteiger partial charge in [0.25, 0.3) is 0 Å². The average molecular weight is 226 g/mol. The minimum Gasteiger partial charge on any atom is -0.464 e. The van der Waals surface area contributed by atoms with Gasteiger partial charge in [0, 0.05) is 18.8 Å². The molecule has 1 heterocycles. The normalized spacial score (nSPS) is 11.5. The predicted octanol–water partition coefficient (Wildman–Crippen LogP) is 0.662. The van der Waals surface area contributed by atoms with Gasteiger partial charge in [0.2, 0.25) is 0 Å². The fourth-order valence-electron chi connectivity index (χ4n) is 1.28. The predicted molar refractivity (Wildman–Crippen MR) is 60.1 cm³/mol. The van der Waals surface area contributed by atoms with Crippen LogP contribution in [0.2, 0.25) is 0 Å². The van der Waals surface area contributed by atoms with E-state index in [0.717, 1.165) is 5.69 Å². The molecule has 0 aromatic carbocycles. The maximum atomic E-state index is 11.1. The van der Waals surface area contributed by atoms with Crippen LogP contribution in [0.4, 0.5) is 0 Å². The Morgan fingerprint density at radius 3 is 2.81 bits per heavy atom. The van der Waals surface area contributed by atoms with E-state index in [1.165, 1.54) is 7.11 Å². The van der Waals surface area contributed by atoms with E-state index in [4.69, 9.17) is 0 Å². The third kappa shape index (κ3) is 4.04. The molecule has 0 atom stereocenters. The summed E-state index contributed by atoms with van der Waals surface area (Å²) >= 11 is 0. The van der Waals surface area contributed by atoms with Gasteiger partial charge in [-0.05, 0) is 26.0 Å². The summed E-state index contributed by atoms with van der Waals surface area (Å²) in [5.41, 5.74) is 0.574.